The highest BCUT2D eigenvalue weighted by atomic mass is 35.5. The normalized spacial score (nSPS) is 26.1. The number of benzene rings is 2. The number of carbonyl (C=O) groups is 3. The lowest BCUT2D eigenvalue weighted by molar-refractivity contribution is -0.150. The van der Waals surface area contributed by atoms with Crippen molar-refractivity contribution in [2.45, 2.75) is 25.1 Å². The van der Waals surface area contributed by atoms with Crippen LogP contribution >= 0.6 is 11.6 Å². The lowest BCUT2D eigenvalue weighted by atomic mass is 9.87. The molecular weight excluding hydrogens is 464 g/mol. The third kappa shape index (κ3) is 3.43. The SMILES string of the molecule is CC(=O)[C@H]1CCN[C@]1(C(=O)O)N1C(=O)COC(c2cccc3c2OCCO3)c2cc(Cl)ccc21. The molecule has 0 radical (unpaired) electrons. The van der Waals surface area contributed by atoms with Crippen molar-refractivity contribution >= 4 is 34.9 Å². The van der Waals surface area contributed by atoms with Crippen molar-refractivity contribution in [3.05, 3.63) is 52.5 Å². The molecule has 3 heterocycles. The summed E-state index contributed by atoms with van der Waals surface area (Å²) >= 11 is 6.35. The van der Waals surface area contributed by atoms with Crippen molar-refractivity contribution in [2.75, 3.05) is 31.3 Å². The van der Waals surface area contributed by atoms with Crippen LogP contribution in [-0.4, -0.2) is 54.8 Å². The predicted octanol–water partition coefficient (Wildman–Crippen LogP) is 2.54. The molecule has 2 aromatic rings. The highest BCUT2D eigenvalue weighted by Crippen LogP contribution is 2.47. The minimum atomic E-state index is -1.94. The van der Waals surface area contributed by atoms with E-state index in [1.807, 2.05) is 6.07 Å². The van der Waals surface area contributed by atoms with Gasteiger partial charge < -0.3 is 19.3 Å². The first kappa shape index (κ1) is 22.6. The molecule has 3 aliphatic heterocycles. The number of Topliss-reactive ketones (excluding diaryl/α,β-unsaturated/α-hetero) is 1. The molecule has 0 spiro atoms. The fraction of sp³-hybridized carbons (Fsp3) is 0.375. The third-order valence-electron chi connectivity index (χ3n) is 6.52. The summed E-state index contributed by atoms with van der Waals surface area (Å²) in [5.74, 6) is -2.10. The van der Waals surface area contributed by atoms with Crippen LogP contribution in [-0.2, 0) is 19.1 Å². The van der Waals surface area contributed by atoms with E-state index in [0.29, 0.717) is 46.5 Å². The predicted molar refractivity (Wildman–Crippen MR) is 121 cm³/mol. The summed E-state index contributed by atoms with van der Waals surface area (Å²) in [6.45, 7) is 1.97. The lowest BCUT2D eigenvalue weighted by Gasteiger charge is -2.41. The average Bonchev–Trinajstić information content (AvgIpc) is 3.21. The second kappa shape index (κ2) is 8.57. The van der Waals surface area contributed by atoms with Crippen LogP contribution in [0, 0.1) is 5.92 Å². The number of anilines is 1. The number of amides is 1. The number of carboxylic acid groups (broad SMARTS) is 1. The maximum absolute atomic E-state index is 13.5. The van der Waals surface area contributed by atoms with E-state index in [0.717, 1.165) is 4.90 Å². The molecule has 1 fully saturated rings. The Balaban J connectivity index is 1.72. The van der Waals surface area contributed by atoms with Crippen LogP contribution in [0.5, 0.6) is 11.5 Å². The molecule has 3 aliphatic rings. The Hall–Kier alpha value is -3.14. The van der Waals surface area contributed by atoms with Gasteiger partial charge in [-0.1, -0.05) is 23.7 Å². The van der Waals surface area contributed by atoms with Gasteiger partial charge in [0, 0.05) is 16.1 Å². The summed E-state index contributed by atoms with van der Waals surface area (Å²) in [6.07, 6.45) is -0.502. The molecule has 0 aromatic heterocycles. The van der Waals surface area contributed by atoms with Gasteiger partial charge in [0.15, 0.2) is 11.5 Å². The molecule has 1 unspecified atom stereocenters. The van der Waals surface area contributed by atoms with Crippen LogP contribution in [0.1, 0.15) is 30.6 Å². The summed E-state index contributed by atoms with van der Waals surface area (Å²) in [7, 11) is 0. The number of ketones is 1. The molecule has 1 amide bonds. The van der Waals surface area contributed by atoms with Crippen molar-refractivity contribution in [2.24, 2.45) is 5.92 Å². The van der Waals surface area contributed by atoms with Gasteiger partial charge in [-0.3, -0.25) is 19.8 Å². The van der Waals surface area contributed by atoms with Gasteiger partial charge in [0.2, 0.25) is 5.66 Å². The molecule has 2 aromatic carbocycles. The number of fused-ring (bicyclic) bond motifs is 2. The van der Waals surface area contributed by atoms with Gasteiger partial charge in [-0.05, 0) is 44.2 Å². The van der Waals surface area contributed by atoms with Crippen molar-refractivity contribution in [1.82, 2.24) is 5.32 Å². The number of para-hydroxylation sites is 1. The van der Waals surface area contributed by atoms with Gasteiger partial charge in [-0.2, -0.15) is 0 Å². The van der Waals surface area contributed by atoms with E-state index >= 15 is 0 Å². The van der Waals surface area contributed by atoms with Crippen LogP contribution in [0.2, 0.25) is 5.02 Å². The Labute approximate surface area is 200 Å². The lowest BCUT2D eigenvalue weighted by Crippen LogP contribution is -2.68. The van der Waals surface area contributed by atoms with Crippen LogP contribution in [0.15, 0.2) is 36.4 Å². The largest absolute Gasteiger partial charge is 0.486 e. The van der Waals surface area contributed by atoms with Gasteiger partial charge in [-0.25, -0.2) is 4.79 Å². The van der Waals surface area contributed by atoms with Crippen LogP contribution in [0.3, 0.4) is 0 Å². The quantitative estimate of drug-likeness (QED) is 0.677. The van der Waals surface area contributed by atoms with Crippen LogP contribution < -0.4 is 19.7 Å². The first-order valence-corrected chi connectivity index (χ1v) is 11.3. The molecule has 9 nitrogen and oxygen atoms in total. The van der Waals surface area contributed by atoms with E-state index in [1.165, 1.54) is 6.92 Å². The number of hydrogen-bond acceptors (Lipinski definition) is 7. The van der Waals surface area contributed by atoms with Crippen molar-refractivity contribution < 1.29 is 33.7 Å². The monoisotopic (exact) mass is 486 g/mol. The first-order chi connectivity index (χ1) is 16.3. The molecular formula is C24H23ClN2O7. The number of rotatable bonds is 4. The maximum Gasteiger partial charge on any atom is 0.346 e. The molecule has 34 heavy (non-hydrogen) atoms. The smallest absolute Gasteiger partial charge is 0.346 e. The number of hydrogen-bond donors (Lipinski definition) is 2. The molecule has 0 saturated carbocycles. The number of nitrogens with one attached hydrogen (secondary N) is 1. The second-order valence-electron chi connectivity index (χ2n) is 8.44. The minimum absolute atomic E-state index is 0.269. The van der Waals surface area contributed by atoms with Gasteiger partial charge >= 0.3 is 5.97 Å². The maximum atomic E-state index is 13.5. The van der Waals surface area contributed by atoms with Gasteiger partial charge in [-0.15, -0.1) is 0 Å². The van der Waals surface area contributed by atoms with E-state index < -0.39 is 36.2 Å². The molecule has 10 heteroatoms. The molecule has 0 bridgehead atoms. The third-order valence-corrected chi connectivity index (χ3v) is 6.75. The summed E-state index contributed by atoms with van der Waals surface area (Å²) < 4.78 is 17.6. The minimum Gasteiger partial charge on any atom is -0.486 e. The Morgan fingerprint density at radius 1 is 1.18 bits per heavy atom. The Kier molecular flexibility index (Phi) is 5.71. The number of aliphatic carboxylic acids is 1. The second-order valence-corrected chi connectivity index (χ2v) is 8.88. The molecule has 1 saturated heterocycles. The number of carboxylic acids is 1. The summed E-state index contributed by atoms with van der Waals surface area (Å²) in [4.78, 5) is 39.8. The Morgan fingerprint density at radius 2 is 1.97 bits per heavy atom. The number of carbonyl (C=O) groups excluding carboxylic acids is 2. The van der Waals surface area contributed by atoms with Gasteiger partial charge in [0.05, 0.1) is 11.6 Å². The number of halogens is 1. The standard InChI is InChI=1S/C24H23ClN2O7/c1-13(28)17-7-8-26-24(17,23(30)31)27-18-6-5-14(25)11-16(18)21(34-12-20(27)29)15-3-2-4-19-22(15)33-10-9-32-19/h2-6,11,17,21,26H,7-10,12H2,1H3,(H,30,31)/t17-,21?,24+/m1/s1. The fourth-order valence-corrected chi connectivity index (χ4v) is 5.30. The van der Waals surface area contributed by atoms with Crippen molar-refractivity contribution in [3.8, 4) is 11.5 Å². The zero-order valence-electron chi connectivity index (χ0n) is 18.4. The molecule has 178 valence electrons. The number of ether oxygens (including phenoxy) is 3. The first-order valence-electron chi connectivity index (χ1n) is 11.0. The zero-order chi connectivity index (χ0) is 24.0. The highest BCUT2D eigenvalue weighted by molar-refractivity contribution is 6.30. The highest BCUT2D eigenvalue weighted by Gasteiger charge is 2.59. The van der Waals surface area contributed by atoms with Crippen molar-refractivity contribution in [3.63, 3.8) is 0 Å². The molecule has 0 aliphatic carbocycles. The van der Waals surface area contributed by atoms with E-state index in [2.05, 4.69) is 5.32 Å². The summed E-state index contributed by atoms with van der Waals surface area (Å²) in [5.41, 5.74) is -0.534. The molecule has 2 N–H and O–H groups in total. The number of nitrogens with zero attached hydrogens (tertiary/aromatic N) is 1. The topological polar surface area (TPSA) is 114 Å². The molecule has 3 atom stereocenters. The summed E-state index contributed by atoms with van der Waals surface area (Å²) in [5, 5.41) is 13.7. The van der Waals surface area contributed by atoms with Gasteiger partial charge in [0.25, 0.3) is 5.91 Å². The average molecular weight is 487 g/mol. The van der Waals surface area contributed by atoms with Crippen molar-refractivity contribution in [1.29, 1.82) is 0 Å². The van der Waals surface area contributed by atoms with E-state index in [4.69, 9.17) is 25.8 Å². The zero-order valence-corrected chi connectivity index (χ0v) is 19.1. The van der Waals surface area contributed by atoms with Gasteiger partial charge in [0.1, 0.15) is 31.7 Å². The Morgan fingerprint density at radius 3 is 2.74 bits per heavy atom. The van der Waals surface area contributed by atoms with E-state index in [1.54, 1.807) is 30.3 Å². The van der Waals surface area contributed by atoms with E-state index in [9.17, 15) is 19.5 Å². The molecule has 5 rings (SSSR count). The van der Waals surface area contributed by atoms with E-state index in [-0.39, 0.29) is 18.7 Å². The van der Waals surface area contributed by atoms with Crippen LogP contribution in [0.4, 0.5) is 5.69 Å². The Bertz CT molecular complexity index is 1190. The van der Waals surface area contributed by atoms with Crippen LogP contribution in [0.25, 0.3) is 0 Å². The summed E-state index contributed by atoms with van der Waals surface area (Å²) in [6, 6.07) is 10.2. The fourth-order valence-electron chi connectivity index (χ4n) is 5.12.